The smallest absolute Gasteiger partial charge is 0.282 e. The van der Waals surface area contributed by atoms with E-state index in [9.17, 15) is 19.3 Å². The van der Waals surface area contributed by atoms with Crippen LogP contribution >= 0.6 is 0 Å². The van der Waals surface area contributed by atoms with Crippen molar-refractivity contribution < 1.29 is 14.1 Å². The summed E-state index contributed by atoms with van der Waals surface area (Å²) in [5.74, 6) is -1.39. The van der Waals surface area contributed by atoms with Gasteiger partial charge < -0.3 is 4.90 Å². The number of nitro groups is 1. The third kappa shape index (κ3) is 2.38. The van der Waals surface area contributed by atoms with E-state index >= 15 is 0 Å². The van der Waals surface area contributed by atoms with Crippen LogP contribution in [-0.4, -0.2) is 28.3 Å². The van der Waals surface area contributed by atoms with Crippen molar-refractivity contribution in [3.63, 3.8) is 0 Å². The molecular weight excluding hydrogens is 253 g/mol. The summed E-state index contributed by atoms with van der Waals surface area (Å²) in [6.07, 6.45) is 1.19. The molecule has 0 aromatic heterocycles. The molecule has 1 saturated heterocycles. The summed E-state index contributed by atoms with van der Waals surface area (Å²) in [5, 5.41) is 19.8. The van der Waals surface area contributed by atoms with Crippen LogP contribution in [0.3, 0.4) is 0 Å². The Morgan fingerprint density at radius 3 is 2.95 bits per heavy atom. The molecule has 0 spiro atoms. The van der Waals surface area contributed by atoms with Gasteiger partial charge in [-0.25, -0.2) is 4.39 Å². The highest BCUT2D eigenvalue weighted by molar-refractivity contribution is 5.98. The number of hydrogen-bond donors (Lipinski definition) is 0. The van der Waals surface area contributed by atoms with Crippen LogP contribution in [0.2, 0.25) is 0 Å². The number of nitrogens with zero attached hydrogens (tertiary/aromatic N) is 3. The number of amides is 1. The molecule has 2 rings (SSSR count). The lowest BCUT2D eigenvalue weighted by molar-refractivity contribution is -0.385. The molecule has 1 aromatic carbocycles. The minimum atomic E-state index is -0.732. The van der Waals surface area contributed by atoms with Crippen LogP contribution in [0, 0.1) is 27.3 Å². The van der Waals surface area contributed by atoms with Crippen molar-refractivity contribution in [1.82, 2.24) is 4.90 Å². The number of carbonyl (C=O) groups is 1. The number of likely N-dealkylation sites (tertiary alicyclic amines) is 1. The second-order valence-corrected chi connectivity index (χ2v) is 4.20. The molecule has 6 nitrogen and oxygen atoms in total. The number of benzene rings is 1. The lowest BCUT2D eigenvalue weighted by Gasteiger charge is -2.19. The van der Waals surface area contributed by atoms with E-state index in [0.717, 1.165) is 18.2 Å². The number of carbonyl (C=O) groups excluding carboxylic acids is 1. The molecule has 1 aromatic rings. The number of rotatable bonds is 2. The Labute approximate surface area is 108 Å². The number of halogens is 1. The monoisotopic (exact) mass is 263 g/mol. The van der Waals surface area contributed by atoms with E-state index in [1.165, 1.54) is 4.90 Å². The van der Waals surface area contributed by atoms with Gasteiger partial charge in [-0.1, -0.05) is 0 Å². The quantitative estimate of drug-likeness (QED) is 0.601. The lowest BCUT2D eigenvalue weighted by Crippen LogP contribution is -2.35. The van der Waals surface area contributed by atoms with E-state index in [-0.39, 0.29) is 5.56 Å². The van der Waals surface area contributed by atoms with Crippen LogP contribution in [-0.2, 0) is 0 Å². The van der Waals surface area contributed by atoms with Gasteiger partial charge in [0.15, 0.2) is 0 Å². The van der Waals surface area contributed by atoms with Gasteiger partial charge in [-0.05, 0) is 25.0 Å². The highest BCUT2D eigenvalue weighted by atomic mass is 19.1. The molecule has 1 heterocycles. The van der Waals surface area contributed by atoms with Gasteiger partial charge in [0, 0.05) is 12.6 Å². The van der Waals surface area contributed by atoms with Gasteiger partial charge in [-0.15, -0.1) is 0 Å². The summed E-state index contributed by atoms with van der Waals surface area (Å²) < 4.78 is 13.2. The third-order valence-corrected chi connectivity index (χ3v) is 3.05. The number of nitriles is 1. The predicted octanol–water partition coefficient (Wildman–Crippen LogP) is 1.86. The largest absolute Gasteiger partial charge is 0.322 e. The summed E-state index contributed by atoms with van der Waals surface area (Å²) in [6.45, 7) is 0.352. The maximum atomic E-state index is 13.2. The van der Waals surface area contributed by atoms with Crippen molar-refractivity contribution in [3.05, 3.63) is 39.7 Å². The van der Waals surface area contributed by atoms with Crippen molar-refractivity contribution in [3.8, 4) is 6.07 Å². The van der Waals surface area contributed by atoms with Gasteiger partial charge >= 0.3 is 0 Å². The first-order valence-electron chi connectivity index (χ1n) is 5.69. The maximum Gasteiger partial charge on any atom is 0.282 e. The Bertz CT molecular complexity index is 582. The van der Waals surface area contributed by atoms with E-state index in [1.54, 1.807) is 0 Å². The van der Waals surface area contributed by atoms with Gasteiger partial charge in [0.05, 0.1) is 11.0 Å². The van der Waals surface area contributed by atoms with Crippen LogP contribution in [0.1, 0.15) is 23.2 Å². The number of hydrogen-bond acceptors (Lipinski definition) is 4. The normalized spacial score (nSPS) is 18.1. The fourth-order valence-corrected chi connectivity index (χ4v) is 2.14. The minimum Gasteiger partial charge on any atom is -0.322 e. The topological polar surface area (TPSA) is 87.2 Å². The van der Waals surface area contributed by atoms with Gasteiger partial charge in [-0.2, -0.15) is 5.26 Å². The number of nitro benzene ring substituents is 1. The molecular formula is C12H10FN3O3. The molecule has 1 amide bonds. The standard InChI is InChI=1S/C12H10FN3O3/c13-8-3-4-11(16(18)19)10(6-8)12(17)15-5-1-2-9(15)7-14/h3-4,6,9H,1-2,5H2. The minimum absolute atomic E-state index is 0.313. The molecule has 0 radical (unpaired) electrons. The SMILES string of the molecule is N#CC1CCCN1C(=O)c1cc(F)ccc1[N+](=O)[O-]. The predicted molar refractivity (Wildman–Crippen MR) is 62.7 cm³/mol. The average Bonchev–Trinajstić information content (AvgIpc) is 2.85. The van der Waals surface area contributed by atoms with Crippen molar-refractivity contribution in [1.29, 1.82) is 5.26 Å². The Morgan fingerprint density at radius 1 is 1.58 bits per heavy atom. The van der Waals surface area contributed by atoms with Crippen molar-refractivity contribution >= 4 is 11.6 Å². The lowest BCUT2D eigenvalue weighted by atomic mass is 10.1. The average molecular weight is 263 g/mol. The molecule has 0 aliphatic carbocycles. The zero-order chi connectivity index (χ0) is 14.0. The Balaban J connectivity index is 2.41. The molecule has 1 atom stereocenters. The molecule has 0 saturated carbocycles. The van der Waals surface area contributed by atoms with Gasteiger partial charge in [-0.3, -0.25) is 14.9 Å². The van der Waals surface area contributed by atoms with E-state index in [1.807, 2.05) is 6.07 Å². The molecule has 1 unspecified atom stereocenters. The van der Waals surface area contributed by atoms with E-state index in [4.69, 9.17) is 5.26 Å². The first kappa shape index (κ1) is 13.0. The Kier molecular flexibility index (Phi) is 3.42. The van der Waals surface area contributed by atoms with E-state index in [2.05, 4.69) is 0 Å². The van der Waals surface area contributed by atoms with Gasteiger partial charge in [0.25, 0.3) is 11.6 Å². The summed E-state index contributed by atoms with van der Waals surface area (Å²) in [5.41, 5.74) is -0.762. The van der Waals surface area contributed by atoms with E-state index < -0.39 is 28.4 Å². The third-order valence-electron chi connectivity index (χ3n) is 3.05. The summed E-state index contributed by atoms with van der Waals surface area (Å²) >= 11 is 0. The van der Waals surface area contributed by atoms with Gasteiger partial charge in [0.1, 0.15) is 17.4 Å². The molecule has 7 heteroatoms. The maximum absolute atomic E-state index is 13.2. The fourth-order valence-electron chi connectivity index (χ4n) is 2.14. The molecule has 1 aliphatic heterocycles. The first-order chi connectivity index (χ1) is 9.04. The highest BCUT2D eigenvalue weighted by Crippen LogP contribution is 2.25. The van der Waals surface area contributed by atoms with Crippen LogP contribution in [0.15, 0.2) is 18.2 Å². The van der Waals surface area contributed by atoms with Gasteiger partial charge in [0.2, 0.25) is 0 Å². The van der Waals surface area contributed by atoms with Crippen molar-refractivity contribution in [2.24, 2.45) is 0 Å². The molecule has 0 bridgehead atoms. The first-order valence-corrected chi connectivity index (χ1v) is 5.69. The molecule has 1 fully saturated rings. The summed E-state index contributed by atoms with van der Waals surface area (Å²) in [7, 11) is 0. The van der Waals surface area contributed by atoms with Crippen molar-refractivity contribution in [2.45, 2.75) is 18.9 Å². The molecule has 19 heavy (non-hydrogen) atoms. The second kappa shape index (κ2) is 5.02. The summed E-state index contributed by atoms with van der Waals surface area (Å²) in [6, 6.07) is 4.10. The highest BCUT2D eigenvalue weighted by Gasteiger charge is 2.33. The van der Waals surface area contributed by atoms with Crippen LogP contribution in [0.5, 0.6) is 0 Å². The van der Waals surface area contributed by atoms with Crippen LogP contribution in [0.25, 0.3) is 0 Å². The second-order valence-electron chi connectivity index (χ2n) is 4.20. The molecule has 1 aliphatic rings. The summed E-state index contributed by atoms with van der Waals surface area (Å²) in [4.78, 5) is 23.6. The zero-order valence-corrected chi connectivity index (χ0v) is 9.88. The Morgan fingerprint density at radius 2 is 2.32 bits per heavy atom. The van der Waals surface area contributed by atoms with Crippen LogP contribution < -0.4 is 0 Å². The Hall–Kier alpha value is -2.49. The molecule has 0 N–H and O–H groups in total. The van der Waals surface area contributed by atoms with E-state index in [0.29, 0.717) is 19.4 Å². The van der Waals surface area contributed by atoms with Crippen LogP contribution in [0.4, 0.5) is 10.1 Å². The fraction of sp³-hybridized carbons (Fsp3) is 0.333. The van der Waals surface area contributed by atoms with Crippen molar-refractivity contribution in [2.75, 3.05) is 6.54 Å². The zero-order valence-electron chi connectivity index (χ0n) is 9.88. The molecule has 98 valence electrons.